The molecular weight excluding hydrogens is 196 g/mol. The molecule has 0 fully saturated rings. The second-order valence-corrected chi connectivity index (χ2v) is 5.34. The molecule has 4 heteroatoms. The van der Waals surface area contributed by atoms with E-state index in [4.69, 9.17) is 5.21 Å². The first-order chi connectivity index (χ1) is 6.62. The van der Waals surface area contributed by atoms with Gasteiger partial charge in [0.25, 0.3) is 0 Å². The average Bonchev–Trinajstić information content (AvgIpc) is 2.44. The monoisotopic (exact) mass is 214 g/mol. The minimum atomic E-state index is 0.0523. The molecule has 0 radical (unpaired) electrons. The molecule has 0 aromatic heterocycles. The fraction of sp³-hybridized carbons (Fsp3) is 0.800. The van der Waals surface area contributed by atoms with Crippen molar-refractivity contribution in [2.24, 2.45) is 10.1 Å². The fourth-order valence-corrected chi connectivity index (χ4v) is 2.61. The standard InChI is InChI=1S/C10H18N2OS/c1-4-5-6-7-10(3)8(2)11-9(12-13)14-10/h13H,4-7H2,1-3H3. The van der Waals surface area contributed by atoms with Crippen molar-refractivity contribution in [2.45, 2.75) is 51.2 Å². The van der Waals surface area contributed by atoms with Gasteiger partial charge in [-0.3, -0.25) is 0 Å². The van der Waals surface area contributed by atoms with Crippen molar-refractivity contribution in [3.8, 4) is 0 Å². The van der Waals surface area contributed by atoms with Crippen LogP contribution in [-0.2, 0) is 0 Å². The number of oxime groups is 1. The lowest BCUT2D eigenvalue weighted by Crippen LogP contribution is -2.26. The van der Waals surface area contributed by atoms with E-state index in [1.165, 1.54) is 19.3 Å². The van der Waals surface area contributed by atoms with Crippen LogP contribution in [0.25, 0.3) is 0 Å². The van der Waals surface area contributed by atoms with Crippen molar-refractivity contribution in [1.29, 1.82) is 0 Å². The molecule has 1 rings (SSSR count). The summed E-state index contributed by atoms with van der Waals surface area (Å²) >= 11 is 1.57. The number of thioether (sulfide) groups is 1. The van der Waals surface area contributed by atoms with E-state index in [2.05, 4.69) is 24.0 Å². The van der Waals surface area contributed by atoms with Gasteiger partial charge < -0.3 is 5.21 Å². The lowest BCUT2D eigenvalue weighted by atomic mass is 9.98. The smallest absolute Gasteiger partial charge is 0.226 e. The minimum absolute atomic E-state index is 0.0523. The molecule has 80 valence electrons. The molecule has 1 atom stereocenters. The van der Waals surface area contributed by atoms with Crippen molar-refractivity contribution in [3.05, 3.63) is 0 Å². The predicted octanol–water partition coefficient (Wildman–Crippen LogP) is 3.28. The molecule has 1 aliphatic rings. The Balaban J connectivity index is 2.55. The van der Waals surface area contributed by atoms with Gasteiger partial charge in [0.1, 0.15) is 0 Å². The fourth-order valence-electron chi connectivity index (χ4n) is 1.55. The summed E-state index contributed by atoms with van der Waals surface area (Å²) in [5, 5.41) is 12.3. The summed E-state index contributed by atoms with van der Waals surface area (Å²) in [6.45, 7) is 6.38. The van der Waals surface area contributed by atoms with Gasteiger partial charge in [-0.1, -0.05) is 43.1 Å². The van der Waals surface area contributed by atoms with Crippen molar-refractivity contribution >= 4 is 22.6 Å². The zero-order chi connectivity index (χ0) is 10.6. The van der Waals surface area contributed by atoms with Crippen LogP contribution >= 0.6 is 11.8 Å². The summed E-state index contributed by atoms with van der Waals surface area (Å²) < 4.78 is 0.0523. The summed E-state index contributed by atoms with van der Waals surface area (Å²) in [6.07, 6.45) is 4.82. The van der Waals surface area contributed by atoms with Gasteiger partial charge in [-0.2, -0.15) is 0 Å². The van der Waals surface area contributed by atoms with E-state index >= 15 is 0 Å². The zero-order valence-electron chi connectivity index (χ0n) is 9.08. The highest BCUT2D eigenvalue weighted by Gasteiger charge is 2.35. The predicted molar refractivity (Wildman–Crippen MR) is 62.5 cm³/mol. The Kier molecular flexibility index (Phi) is 3.98. The first-order valence-corrected chi connectivity index (χ1v) is 5.91. The molecule has 1 aliphatic heterocycles. The van der Waals surface area contributed by atoms with Crippen LogP contribution in [0, 0.1) is 0 Å². The van der Waals surface area contributed by atoms with Gasteiger partial charge in [0, 0.05) is 5.71 Å². The lowest BCUT2D eigenvalue weighted by molar-refractivity contribution is 0.320. The van der Waals surface area contributed by atoms with Crippen LogP contribution in [0.3, 0.4) is 0 Å². The highest BCUT2D eigenvalue weighted by atomic mass is 32.2. The SMILES string of the molecule is CCCCCC1(C)SC(=NO)N=C1C. The number of aliphatic imine (C=N–C) groups is 1. The van der Waals surface area contributed by atoms with Crippen LogP contribution in [0.5, 0.6) is 0 Å². The zero-order valence-corrected chi connectivity index (χ0v) is 9.89. The highest BCUT2D eigenvalue weighted by Crippen LogP contribution is 2.38. The van der Waals surface area contributed by atoms with E-state index in [-0.39, 0.29) is 4.75 Å². The Labute approximate surface area is 89.7 Å². The second-order valence-electron chi connectivity index (χ2n) is 3.87. The van der Waals surface area contributed by atoms with Crippen molar-refractivity contribution in [3.63, 3.8) is 0 Å². The van der Waals surface area contributed by atoms with Crippen LogP contribution < -0.4 is 0 Å². The summed E-state index contributed by atoms with van der Waals surface area (Å²) in [5.74, 6) is 0. The molecule has 0 saturated heterocycles. The Bertz CT molecular complexity index is 263. The summed E-state index contributed by atoms with van der Waals surface area (Å²) in [7, 11) is 0. The van der Waals surface area contributed by atoms with Crippen LogP contribution in [0.15, 0.2) is 10.1 Å². The van der Waals surface area contributed by atoms with Gasteiger partial charge in [-0.05, 0) is 20.3 Å². The van der Waals surface area contributed by atoms with Crippen LogP contribution in [0.2, 0.25) is 0 Å². The number of rotatable bonds is 4. The highest BCUT2D eigenvalue weighted by molar-refractivity contribution is 8.16. The third-order valence-electron chi connectivity index (χ3n) is 2.69. The molecule has 0 saturated carbocycles. The van der Waals surface area contributed by atoms with Crippen LogP contribution in [0.4, 0.5) is 0 Å². The molecule has 1 unspecified atom stereocenters. The summed E-state index contributed by atoms with van der Waals surface area (Å²) in [5.41, 5.74) is 1.08. The normalized spacial score (nSPS) is 29.6. The molecule has 1 heterocycles. The Morgan fingerprint density at radius 1 is 1.50 bits per heavy atom. The van der Waals surface area contributed by atoms with Crippen LogP contribution in [0.1, 0.15) is 46.5 Å². The third-order valence-corrected chi connectivity index (χ3v) is 3.99. The molecule has 0 spiro atoms. The molecule has 0 aromatic carbocycles. The van der Waals surface area contributed by atoms with E-state index in [1.807, 2.05) is 6.92 Å². The number of unbranched alkanes of at least 4 members (excludes halogenated alkanes) is 2. The van der Waals surface area contributed by atoms with Gasteiger partial charge in [-0.15, -0.1) is 0 Å². The second kappa shape index (κ2) is 4.82. The van der Waals surface area contributed by atoms with Gasteiger partial charge in [0.2, 0.25) is 5.17 Å². The molecule has 14 heavy (non-hydrogen) atoms. The lowest BCUT2D eigenvalue weighted by Gasteiger charge is -2.22. The van der Waals surface area contributed by atoms with Gasteiger partial charge in [0.15, 0.2) is 0 Å². The van der Waals surface area contributed by atoms with Gasteiger partial charge >= 0.3 is 0 Å². The quantitative estimate of drug-likeness (QED) is 0.443. The number of hydrogen-bond acceptors (Lipinski definition) is 3. The maximum Gasteiger partial charge on any atom is 0.226 e. The van der Waals surface area contributed by atoms with Crippen LogP contribution in [-0.4, -0.2) is 20.8 Å². The molecular formula is C10H18N2OS. The first-order valence-electron chi connectivity index (χ1n) is 5.09. The van der Waals surface area contributed by atoms with Crippen molar-refractivity contribution in [2.75, 3.05) is 0 Å². The van der Waals surface area contributed by atoms with Gasteiger partial charge in [-0.25, -0.2) is 4.99 Å². The molecule has 3 nitrogen and oxygen atoms in total. The number of hydrogen-bond donors (Lipinski definition) is 1. The van der Waals surface area contributed by atoms with E-state index < -0.39 is 0 Å². The molecule has 1 N–H and O–H groups in total. The molecule has 0 amide bonds. The number of amidine groups is 1. The summed E-state index contributed by atoms with van der Waals surface area (Å²) in [4.78, 5) is 4.22. The van der Waals surface area contributed by atoms with Crippen molar-refractivity contribution in [1.82, 2.24) is 0 Å². The number of nitrogens with zero attached hydrogens (tertiary/aromatic N) is 2. The largest absolute Gasteiger partial charge is 0.409 e. The van der Waals surface area contributed by atoms with E-state index in [0.717, 1.165) is 12.1 Å². The molecule has 0 bridgehead atoms. The average molecular weight is 214 g/mol. The topological polar surface area (TPSA) is 45.0 Å². The molecule has 0 aromatic rings. The van der Waals surface area contributed by atoms with E-state index in [0.29, 0.717) is 5.17 Å². The van der Waals surface area contributed by atoms with E-state index in [9.17, 15) is 0 Å². The van der Waals surface area contributed by atoms with Crippen molar-refractivity contribution < 1.29 is 5.21 Å². The maximum atomic E-state index is 8.65. The molecule has 0 aliphatic carbocycles. The Morgan fingerprint density at radius 3 is 2.71 bits per heavy atom. The van der Waals surface area contributed by atoms with Gasteiger partial charge in [0.05, 0.1) is 4.75 Å². The first kappa shape index (κ1) is 11.6. The Morgan fingerprint density at radius 2 is 2.21 bits per heavy atom. The maximum absolute atomic E-state index is 8.65. The van der Waals surface area contributed by atoms with E-state index in [1.54, 1.807) is 11.8 Å². The Hall–Kier alpha value is -0.510. The third kappa shape index (κ3) is 2.50. The summed E-state index contributed by atoms with van der Waals surface area (Å²) in [6, 6.07) is 0. The minimum Gasteiger partial charge on any atom is -0.409 e.